The Balaban J connectivity index is 2.38. The summed E-state index contributed by atoms with van der Waals surface area (Å²) in [6.07, 6.45) is 0. The number of carbonyl (C=O) groups is 2. The normalized spacial score (nSPS) is 13.2. The van der Waals surface area contributed by atoms with Gasteiger partial charge in [0.2, 0.25) is 5.91 Å². The van der Waals surface area contributed by atoms with Gasteiger partial charge in [-0.2, -0.15) is 0 Å². The zero-order valence-electron chi connectivity index (χ0n) is 13.3. The second-order valence-electron chi connectivity index (χ2n) is 5.49. The summed E-state index contributed by atoms with van der Waals surface area (Å²) in [7, 11) is 0. The molecule has 0 saturated carbocycles. The van der Waals surface area contributed by atoms with Crippen LogP contribution in [-0.2, 0) is 11.3 Å². The Morgan fingerprint density at radius 3 is 2.61 bits per heavy atom. The highest BCUT2D eigenvalue weighted by Crippen LogP contribution is 2.42. The lowest BCUT2D eigenvalue weighted by molar-refractivity contribution is -0.115. The molecule has 0 fully saturated rings. The molecule has 5 nitrogen and oxygen atoms in total. The number of fused-ring (bicyclic) bond motifs is 2. The van der Waals surface area contributed by atoms with Crippen LogP contribution in [0, 0.1) is 13.8 Å². The fraction of sp³-hybridized carbons (Fsp3) is 0.294. The molecule has 1 aromatic heterocycles. The number of nitrogens with one attached hydrogen (secondary N) is 1. The minimum atomic E-state index is -0.256. The van der Waals surface area contributed by atoms with Crippen molar-refractivity contribution in [2.45, 2.75) is 27.3 Å². The topological polar surface area (TPSA) is 54.3 Å². The van der Waals surface area contributed by atoms with Crippen molar-refractivity contribution in [3.8, 4) is 0 Å². The van der Waals surface area contributed by atoms with E-state index in [1.807, 2.05) is 43.5 Å². The van der Waals surface area contributed by atoms with Gasteiger partial charge in [-0.05, 0) is 38.5 Å². The van der Waals surface area contributed by atoms with Gasteiger partial charge in [0.05, 0.1) is 17.1 Å². The Bertz CT molecular complexity index is 810. The number of anilines is 3. The van der Waals surface area contributed by atoms with E-state index >= 15 is 0 Å². The van der Waals surface area contributed by atoms with Crippen LogP contribution in [0.15, 0.2) is 24.3 Å². The Hall–Kier alpha value is -2.27. The van der Waals surface area contributed by atoms with E-state index in [1.54, 1.807) is 11.0 Å². The molecular formula is C17H18ClN3O2. The summed E-state index contributed by atoms with van der Waals surface area (Å²) in [5.74, 6) is -0.624. The van der Waals surface area contributed by atoms with Crippen LogP contribution in [0.2, 0.25) is 0 Å². The molecule has 0 aliphatic carbocycles. The number of hydrogen-bond donors (Lipinski definition) is 1. The smallest absolute Gasteiger partial charge is 0.274 e. The third-order valence-electron chi connectivity index (χ3n) is 4.31. The number of amides is 2. The quantitative estimate of drug-likeness (QED) is 0.855. The number of halogens is 1. The van der Waals surface area contributed by atoms with E-state index in [2.05, 4.69) is 5.32 Å². The van der Waals surface area contributed by atoms with Crippen LogP contribution in [-0.4, -0.2) is 22.3 Å². The van der Waals surface area contributed by atoms with Crippen LogP contribution < -0.4 is 10.2 Å². The standard InChI is InChI=1S/C17H18ClN3O2/c1-4-20-11(3)10(2)15-16(20)17(23)19-12-7-5-6-8-13(12)21(15)14(22)9-18/h5-8H,4,9H2,1-3H3,(H,19,23). The molecule has 1 aliphatic rings. The van der Waals surface area contributed by atoms with Crippen molar-refractivity contribution in [1.82, 2.24) is 4.57 Å². The first kappa shape index (κ1) is 15.6. The predicted molar refractivity (Wildman–Crippen MR) is 91.8 cm³/mol. The molecule has 0 radical (unpaired) electrons. The van der Waals surface area contributed by atoms with E-state index < -0.39 is 0 Å². The fourth-order valence-corrected chi connectivity index (χ4v) is 3.26. The van der Waals surface area contributed by atoms with Gasteiger partial charge in [0, 0.05) is 12.2 Å². The second kappa shape index (κ2) is 5.74. The van der Waals surface area contributed by atoms with Gasteiger partial charge in [-0.1, -0.05) is 12.1 Å². The molecule has 2 heterocycles. The molecule has 0 saturated heterocycles. The van der Waals surface area contributed by atoms with Crippen molar-refractivity contribution in [1.29, 1.82) is 0 Å². The van der Waals surface area contributed by atoms with Crippen molar-refractivity contribution >= 4 is 40.5 Å². The number of carbonyl (C=O) groups excluding carboxylic acids is 2. The third-order valence-corrected chi connectivity index (χ3v) is 4.54. The van der Waals surface area contributed by atoms with Gasteiger partial charge in [-0.3, -0.25) is 14.5 Å². The molecule has 3 rings (SSSR count). The zero-order valence-corrected chi connectivity index (χ0v) is 14.1. The van der Waals surface area contributed by atoms with E-state index in [0.717, 1.165) is 11.3 Å². The molecule has 2 amide bonds. The first-order valence-corrected chi connectivity index (χ1v) is 8.03. The molecular weight excluding hydrogens is 314 g/mol. The van der Waals surface area contributed by atoms with E-state index in [-0.39, 0.29) is 17.7 Å². The lowest BCUT2D eigenvalue weighted by atomic mass is 10.1. The van der Waals surface area contributed by atoms with Crippen LogP contribution in [0.5, 0.6) is 0 Å². The van der Waals surface area contributed by atoms with Gasteiger partial charge in [0.15, 0.2) is 0 Å². The van der Waals surface area contributed by atoms with Crippen LogP contribution >= 0.6 is 11.6 Å². The highest BCUT2D eigenvalue weighted by atomic mass is 35.5. The number of benzene rings is 1. The van der Waals surface area contributed by atoms with E-state index in [9.17, 15) is 9.59 Å². The Morgan fingerprint density at radius 1 is 1.26 bits per heavy atom. The van der Waals surface area contributed by atoms with Gasteiger partial charge < -0.3 is 9.88 Å². The fourth-order valence-electron chi connectivity index (χ4n) is 3.14. The van der Waals surface area contributed by atoms with Gasteiger partial charge >= 0.3 is 0 Å². The highest BCUT2D eigenvalue weighted by Gasteiger charge is 2.34. The zero-order chi connectivity index (χ0) is 16.7. The predicted octanol–water partition coefficient (Wildman–Crippen LogP) is 3.59. The van der Waals surface area contributed by atoms with E-state index in [0.29, 0.717) is 29.3 Å². The second-order valence-corrected chi connectivity index (χ2v) is 5.75. The first-order chi connectivity index (χ1) is 11.0. The van der Waals surface area contributed by atoms with Crippen LogP contribution in [0.1, 0.15) is 28.7 Å². The molecule has 0 spiro atoms. The van der Waals surface area contributed by atoms with Gasteiger partial charge in [0.1, 0.15) is 11.6 Å². The number of para-hydroxylation sites is 2. The van der Waals surface area contributed by atoms with Crippen molar-refractivity contribution < 1.29 is 9.59 Å². The molecule has 0 unspecified atom stereocenters. The minimum Gasteiger partial charge on any atom is -0.339 e. The maximum atomic E-state index is 12.8. The molecule has 1 aromatic carbocycles. The summed E-state index contributed by atoms with van der Waals surface area (Å²) in [4.78, 5) is 26.9. The Morgan fingerprint density at radius 2 is 1.96 bits per heavy atom. The van der Waals surface area contributed by atoms with Gasteiger partial charge in [-0.25, -0.2) is 0 Å². The van der Waals surface area contributed by atoms with Crippen LogP contribution in [0.3, 0.4) is 0 Å². The number of nitrogens with zero attached hydrogens (tertiary/aromatic N) is 2. The molecule has 1 N–H and O–H groups in total. The summed E-state index contributed by atoms with van der Waals surface area (Å²) < 4.78 is 1.93. The monoisotopic (exact) mass is 331 g/mol. The van der Waals surface area contributed by atoms with E-state index in [4.69, 9.17) is 11.6 Å². The van der Waals surface area contributed by atoms with Crippen molar-refractivity contribution in [3.63, 3.8) is 0 Å². The molecule has 120 valence electrons. The van der Waals surface area contributed by atoms with E-state index in [1.165, 1.54) is 0 Å². The summed E-state index contributed by atoms with van der Waals surface area (Å²) in [5.41, 5.74) is 4.25. The SMILES string of the molecule is CCn1c(C)c(C)c2c1C(=O)Nc1ccccc1N2C(=O)CCl. The summed E-state index contributed by atoms with van der Waals surface area (Å²) >= 11 is 5.84. The average Bonchev–Trinajstić information content (AvgIpc) is 2.72. The average molecular weight is 332 g/mol. The highest BCUT2D eigenvalue weighted by molar-refractivity contribution is 6.31. The molecule has 1 aliphatic heterocycles. The molecule has 0 atom stereocenters. The van der Waals surface area contributed by atoms with Crippen molar-refractivity contribution in [2.75, 3.05) is 16.1 Å². The molecule has 2 aromatic rings. The van der Waals surface area contributed by atoms with Crippen molar-refractivity contribution in [3.05, 3.63) is 41.2 Å². The summed E-state index contributed by atoms with van der Waals surface area (Å²) in [6, 6.07) is 7.26. The minimum absolute atomic E-state index is 0.155. The molecule has 0 bridgehead atoms. The summed E-state index contributed by atoms with van der Waals surface area (Å²) in [5, 5.41) is 2.91. The molecule has 23 heavy (non-hydrogen) atoms. The van der Waals surface area contributed by atoms with Crippen molar-refractivity contribution in [2.24, 2.45) is 0 Å². The largest absolute Gasteiger partial charge is 0.339 e. The molecule has 6 heteroatoms. The summed E-state index contributed by atoms with van der Waals surface area (Å²) in [6.45, 7) is 6.51. The Kier molecular flexibility index (Phi) is 3.90. The lowest BCUT2D eigenvalue weighted by Crippen LogP contribution is -2.28. The van der Waals surface area contributed by atoms with Gasteiger partial charge in [0.25, 0.3) is 5.91 Å². The van der Waals surface area contributed by atoms with Gasteiger partial charge in [-0.15, -0.1) is 11.6 Å². The third kappa shape index (κ3) is 2.23. The number of aromatic nitrogens is 1. The number of alkyl halides is 1. The number of hydrogen-bond acceptors (Lipinski definition) is 2. The van der Waals surface area contributed by atoms with Crippen LogP contribution in [0.4, 0.5) is 17.1 Å². The first-order valence-electron chi connectivity index (χ1n) is 7.50. The lowest BCUT2D eigenvalue weighted by Gasteiger charge is -2.22. The van der Waals surface area contributed by atoms with Crippen LogP contribution in [0.25, 0.3) is 0 Å². The maximum absolute atomic E-state index is 12.8. The Labute approximate surface area is 139 Å². The maximum Gasteiger partial charge on any atom is 0.274 e. The number of rotatable bonds is 2.